The van der Waals surface area contributed by atoms with E-state index in [9.17, 15) is 15.0 Å². The lowest BCUT2D eigenvalue weighted by Gasteiger charge is -2.06. The second kappa shape index (κ2) is 5.13. The zero-order valence-electron chi connectivity index (χ0n) is 9.37. The van der Waals surface area contributed by atoms with E-state index < -0.39 is 5.91 Å². The average Bonchev–Trinajstić information content (AvgIpc) is 2.40. The predicted molar refractivity (Wildman–Crippen MR) is 63.0 cm³/mol. The van der Waals surface area contributed by atoms with Gasteiger partial charge in [-0.15, -0.1) is 0 Å². The molecule has 0 saturated heterocycles. The van der Waals surface area contributed by atoms with Crippen LogP contribution in [-0.2, 0) is 6.54 Å². The molecule has 0 radical (unpaired) electrons. The molecule has 0 bridgehead atoms. The Labute approximate surface area is 103 Å². The second-order valence-electron chi connectivity index (χ2n) is 3.60. The van der Waals surface area contributed by atoms with Gasteiger partial charge in [-0.1, -0.05) is 0 Å². The third-order valence-corrected chi connectivity index (χ3v) is 2.28. The van der Waals surface area contributed by atoms with Gasteiger partial charge < -0.3 is 15.5 Å². The van der Waals surface area contributed by atoms with Crippen LogP contribution in [0.2, 0.25) is 0 Å². The Hall–Kier alpha value is -2.63. The molecule has 18 heavy (non-hydrogen) atoms. The van der Waals surface area contributed by atoms with E-state index in [1.165, 1.54) is 24.4 Å². The molecule has 6 nitrogen and oxygen atoms in total. The zero-order chi connectivity index (χ0) is 13.0. The quantitative estimate of drug-likeness (QED) is 0.696. The predicted octanol–water partition coefficient (Wildman–Crippen LogP) is 0.818. The summed E-state index contributed by atoms with van der Waals surface area (Å²) in [5, 5.41) is 28.8. The van der Waals surface area contributed by atoms with Crippen LogP contribution in [0.15, 0.2) is 36.5 Å². The minimum Gasteiger partial charge on any atom is -0.508 e. The number of phenolic OH excluding ortho intramolecular Hbond substituents is 2. The summed E-state index contributed by atoms with van der Waals surface area (Å²) in [4.78, 5) is 11.8. The first-order valence-electron chi connectivity index (χ1n) is 5.23. The van der Waals surface area contributed by atoms with Gasteiger partial charge in [0.15, 0.2) is 0 Å². The summed E-state index contributed by atoms with van der Waals surface area (Å²) in [5.74, 6) is -0.768. The number of hydrogen-bond donors (Lipinski definition) is 3. The van der Waals surface area contributed by atoms with Gasteiger partial charge in [0.25, 0.3) is 5.91 Å². The van der Waals surface area contributed by atoms with Crippen LogP contribution < -0.4 is 5.32 Å². The molecule has 2 rings (SSSR count). The highest BCUT2D eigenvalue weighted by Crippen LogP contribution is 2.21. The smallest absolute Gasteiger partial charge is 0.255 e. The Bertz CT molecular complexity index is 558. The Kier molecular flexibility index (Phi) is 3.38. The summed E-state index contributed by atoms with van der Waals surface area (Å²) in [6, 6.07) is 7.18. The monoisotopic (exact) mass is 245 g/mol. The lowest BCUT2D eigenvalue weighted by molar-refractivity contribution is 0.0947. The van der Waals surface area contributed by atoms with Gasteiger partial charge in [-0.05, 0) is 30.3 Å². The van der Waals surface area contributed by atoms with Crippen LogP contribution in [0.5, 0.6) is 11.5 Å². The number of aromatic hydroxyl groups is 2. The number of phenols is 2. The van der Waals surface area contributed by atoms with Crippen LogP contribution in [0, 0.1) is 0 Å². The zero-order valence-corrected chi connectivity index (χ0v) is 9.37. The van der Waals surface area contributed by atoms with Gasteiger partial charge in [0, 0.05) is 6.20 Å². The molecule has 2 aromatic rings. The van der Waals surface area contributed by atoms with Gasteiger partial charge in [0.1, 0.15) is 11.5 Å². The van der Waals surface area contributed by atoms with Gasteiger partial charge in [-0.3, -0.25) is 4.79 Å². The van der Waals surface area contributed by atoms with E-state index in [2.05, 4.69) is 15.5 Å². The highest BCUT2D eigenvalue weighted by Gasteiger charge is 2.11. The number of rotatable bonds is 3. The van der Waals surface area contributed by atoms with Gasteiger partial charge >= 0.3 is 0 Å². The molecule has 0 aliphatic heterocycles. The van der Waals surface area contributed by atoms with Crippen LogP contribution >= 0.6 is 0 Å². The maximum Gasteiger partial charge on any atom is 0.255 e. The van der Waals surface area contributed by atoms with Gasteiger partial charge in [0.05, 0.1) is 17.8 Å². The highest BCUT2D eigenvalue weighted by molar-refractivity contribution is 5.97. The van der Waals surface area contributed by atoms with E-state index in [1.807, 2.05) is 0 Å². The summed E-state index contributed by atoms with van der Waals surface area (Å²) < 4.78 is 0. The molecule has 0 atom stereocenters. The molecule has 1 aromatic carbocycles. The maximum atomic E-state index is 11.8. The van der Waals surface area contributed by atoms with Gasteiger partial charge in [-0.25, -0.2) is 0 Å². The van der Waals surface area contributed by atoms with Crippen molar-refractivity contribution < 1.29 is 15.0 Å². The summed E-state index contributed by atoms with van der Waals surface area (Å²) in [5.41, 5.74) is 0.615. The van der Waals surface area contributed by atoms with E-state index in [4.69, 9.17) is 0 Å². The van der Waals surface area contributed by atoms with Crippen molar-refractivity contribution in [1.29, 1.82) is 0 Å². The number of amides is 1. The molecule has 0 saturated carbocycles. The van der Waals surface area contributed by atoms with Crippen molar-refractivity contribution in [2.45, 2.75) is 6.54 Å². The largest absolute Gasteiger partial charge is 0.508 e. The van der Waals surface area contributed by atoms with E-state index >= 15 is 0 Å². The maximum absolute atomic E-state index is 11.8. The molecular weight excluding hydrogens is 234 g/mol. The molecule has 1 amide bonds. The number of hydrogen-bond acceptors (Lipinski definition) is 5. The summed E-state index contributed by atoms with van der Waals surface area (Å²) in [7, 11) is 0. The first-order valence-corrected chi connectivity index (χ1v) is 5.23. The Morgan fingerprint density at radius 3 is 2.83 bits per heavy atom. The fraction of sp³-hybridized carbons (Fsp3) is 0.0833. The van der Waals surface area contributed by atoms with Crippen LogP contribution in [0.1, 0.15) is 16.1 Å². The molecule has 0 aliphatic rings. The second-order valence-corrected chi connectivity index (χ2v) is 3.60. The molecule has 1 heterocycles. The first kappa shape index (κ1) is 11.8. The normalized spacial score (nSPS) is 10.0. The van der Waals surface area contributed by atoms with Crippen molar-refractivity contribution >= 4 is 5.91 Å². The Morgan fingerprint density at radius 2 is 2.11 bits per heavy atom. The van der Waals surface area contributed by atoms with Crippen molar-refractivity contribution in [2.75, 3.05) is 0 Å². The van der Waals surface area contributed by atoms with Crippen molar-refractivity contribution in [1.82, 2.24) is 15.5 Å². The fourth-order valence-electron chi connectivity index (χ4n) is 1.40. The van der Waals surface area contributed by atoms with Crippen molar-refractivity contribution in [2.24, 2.45) is 0 Å². The lowest BCUT2D eigenvalue weighted by Crippen LogP contribution is -2.23. The van der Waals surface area contributed by atoms with E-state index in [0.717, 1.165) is 0 Å². The number of benzene rings is 1. The minimum atomic E-state index is -0.492. The first-order chi connectivity index (χ1) is 8.66. The summed E-state index contributed by atoms with van der Waals surface area (Å²) in [6.07, 6.45) is 1.53. The fourth-order valence-corrected chi connectivity index (χ4v) is 1.40. The molecule has 6 heteroatoms. The van der Waals surface area contributed by atoms with E-state index in [0.29, 0.717) is 5.69 Å². The van der Waals surface area contributed by atoms with Crippen molar-refractivity contribution in [3.05, 3.63) is 47.8 Å². The Balaban J connectivity index is 2.06. The molecule has 0 fully saturated rings. The van der Waals surface area contributed by atoms with Crippen LogP contribution in [-0.4, -0.2) is 26.3 Å². The van der Waals surface area contributed by atoms with Crippen molar-refractivity contribution in [3.8, 4) is 11.5 Å². The third-order valence-electron chi connectivity index (χ3n) is 2.28. The molecule has 0 unspecified atom stereocenters. The Morgan fingerprint density at radius 1 is 1.28 bits per heavy atom. The molecule has 3 N–H and O–H groups in total. The molecule has 92 valence electrons. The lowest BCUT2D eigenvalue weighted by atomic mass is 10.1. The van der Waals surface area contributed by atoms with Crippen LogP contribution in [0.25, 0.3) is 0 Å². The number of carbonyl (C=O) groups is 1. The number of nitrogens with one attached hydrogen (secondary N) is 1. The number of nitrogens with zero attached hydrogens (tertiary/aromatic N) is 2. The van der Waals surface area contributed by atoms with Gasteiger partial charge in [0.2, 0.25) is 0 Å². The molecule has 0 spiro atoms. The SMILES string of the molecule is O=C(NCc1cccnn1)c1cc(O)ccc1O. The van der Waals surface area contributed by atoms with Crippen LogP contribution in [0.3, 0.4) is 0 Å². The average molecular weight is 245 g/mol. The summed E-state index contributed by atoms with van der Waals surface area (Å²) in [6.45, 7) is 0.196. The van der Waals surface area contributed by atoms with Gasteiger partial charge in [-0.2, -0.15) is 10.2 Å². The summed E-state index contributed by atoms with van der Waals surface area (Å²) >= 11 is 0. The molecule has 0 aliphatic carbocycles. The van der Waals surface area contributed by atoms with Crippen LogP contribution in [0.4, 0.5) is 0 Å². The standard InChI is InChI=1S/C12H11N3O3/c16-9-3-4-11(17)10(6-9)12(18)13-7-8-2-1-5-14-15-8/h1-6,16-17H,7H2,(H,13,18). The van der Waals surface area contributed by atoms with E-state index in [-0.39, 0.29) is 23.6 Å². The molecular formula is C12H11N3O3. The van der Waals surface area contributed by atoms with E-state index in [1.54, 1.807) is 12.1 Å². The van der Waals surface area contributed by atoms with Crippen molar-refractivity contribution in [3.63, 3.8) is 0 Å². The topological polar surface area (TPSA) is 95.3 Å². The third kappa shape index (κ3) is 2.73. The number of aromatic nitrogens is 2. The molecule has 1 aromatic heterocycles. The number of carbonyl (C=O) groups excluding carboxylic acids is 1. The highest BCUT2D eigenvalue weighted by atomic mass is 16.3. The minimum absolute atomic E-state index is 0.0129.